The van der Waals surface area contributed by atoms with Gasteiger partial charge in [0.25, 0.3) is 5.69 Å². The van der Waals surface area contributed by atoms with Crippen LogP contribution in [0.25, 0.3) is 0 Å². The molecule has 2 rings (SSSR count). The van der Waals surface area contributed by atoms with Gasteiger partial charge in [0.2, 0.25) is 0 Å². The van der Waals surface area contributed by atoms with Gasteiger partial charge in [0.15, 0.2) is 0 Å². The molecule has 1 aromatic carbocycles. The van der Waals surface area contributed by atoms with Gasteiger partial charge in [-0.1, -0.05) is 6.07 Å². The maximum atomic E-state index is 10.9. The third-order valence-electron chi connectivity index (χ3n) is 2.96. The first-order valence-electron chi connectivity index (χ1n) is 6.16. The van der Waals surface area contributed by atoms with E-state index in [1.807, 2.05) is 24.5 Å². The summed E-state index contributed by atoms with van der Waals surface area (Å²) in [6.07, 6.45) is 2.02. The Morgan fingerprint density at radius 2 is 2.05 bits per heavy atom. The second-order valence-corrected chi connectivity index (χ2v) is 5.23. The quantitative estimate of drug-likeness (QED) is 0.644. The van der Waals surface area contributed by atoms with Crippen molar-refractivity contribution in [1.29, 1.82) is 0 Å². The number of nitrogens with zero attached hydrogens (tertiary/aromatic N) is 1. The third-order valence-corrected chi connectivity index (χ3v) is 3.53. The minimum absolute atomic E-state index is 0.123. The predicted octanol–water partition coefficient (Wildman–Crippen LogP) is 3.97. The second-order valence-electron chi connectivity index (χ2n) is 4.36. The molecule has 0 fully saturated rings. The van der Waals surface area contributed by atoms with Crippen LogP contribution < -0.4 is 5.32 Å². The monoisotopic (exact) mass is 292 g/mol. The van der Waals surface area contributed by atoms with Gasteiger partial charge < -0.3 is 9.73 Å². The van der Waals surface area contributed by atoms with Crippen molar-refractivity contribution in [3.8, 4) is 0 Å². The number of furan rings is 1. The molecule has 0 radical (unpaired) electrons. The molecular weight excluding hydrogens is 276 g/mol. The van der Waals surface area contributed by atoms with E-state index in [9.17, 15) is 10.1 Å². The smallest absolute Gasteiger partial charge is 0.274 e. The van der Waals surface area contributed by atoms with Crippen molar-refractivity contribution in [2.75, 3.05) is 11.6 Å². The number of rotatable bonds is 6. The normalized spacial score (nSPS) is 10.5. The number of benzene rings is 1. The lowest BCUT2D eigenvalue weighted by molar-refractivity contribution is -0.385. The standard InChI is InChI=1S/C14H16N2O3S/c1-10-13(4-3-5-14(10)16(17)18)15-8-11-6-7-12(19-11)9-20-2/h3-7,15H,8-9H2,1-2H3. The van der Waals surface area contributed by atoms with Gasteiger partial charge in [0.1, 0.15) is 11.5 Å². The van der Waals surface area contributed by atoms with Gasteiger partial charge in [-0.25, -0.2) is 0 Å². The fourth-order valence-electron chi connectivity index (χ4n) is 1.93. The zero-order chi connectivity index (χ0) is 14.5. The number of hydrogen-bond acceptors (Lipinski definition) is 5. The molecule has 0 spiro atoms. The lowest BCUT2D eigenvalue weighted by Crippen LogP contribution is -2.02. The van der Waals surface area contributed by atoms with Gasteiger partial charge in [-0.05, 0) is 31.4 Å². The number of thioether (sulfide) groups is 1. The number of hydrogen-bond donors (Lipinski definition) is 1. The molecule has 0 saturated carbocycles. The van der Waals surface area contributed by atoms with E-state index >= 15 is 0 Å². The fourth-order valence-corrected chi connectivity index (χ4v) is 2.37. The van der Waals surface area contributed by atoms with Crippen LogP contribution in [0.1, 0.15) is 17.1 Å². The summed E-state index contributed by atoms with van der Waals surface area (Å²) in [7, 11) is 0. The highest BCUT2D eigenvalue weighted by atomic mass is 32.2. The minimum Gasteiger partial charge on any atom is -0.463 e. The molecule has 1 heterocycles. The van der Waals surface area contributed by atoms with E-state index in [2.05, 4.69) is 5.32 Å². The van der Waals surface area contributed by atoms with Crippen molar-refractivity contribution >= 4 is 23.1 Å². The highest BCUT2D eigenvalue weighted by Gasteiger charge is 2.13. The summed E-state index contributed by atoms with van der Waals surface area (Å²) in [5, 5.41) is 14.1. The molecule has 0 aliphatic rings. The average molecular weight is 292 g/mol. The Balaban J connectivity index is 2.06. The maximum absolute atomic E-state index is 10.9. The first-order valence-corrected chi connectivity index (χ1v) is 7.55. The molecule has 0 aliphatic carbocycles. The highest BCUT2D eigenvalue weighted by molar-refractivity contribution is 7.97. The Bertz CT molecular complexity index is 610. The van der Waals surface area contributed by atoms with Gasteiger partial charge in [-0.2, -0.15) is 11.8 Å². The molecule has 0 bridgehead atoms. The van der Waals surface area contributed by atoms with E-state index in [1.54, 1.807) is 24.8 Å². The summed E-state index contributed by atoms with van der Waals surface area (Å²) in [4.78, 5) is 10.5. The Labute approximate surface area is 121 Å². The number of nitro benzene ring substituents is 1. The van der Waals surface area contributed by atoms with Gasteiger partial charge in [0.05, 0.1) is 17.2 Å². The first-order chi connectivity index (χ1) is 9.61. The maximum Gasteiger partial charge on any atom is 0.274 e. The Hall–Kier alpha value is -1.95. The van der Waals surface area contributed by atoms with E-state index < -0.39 is 0 Å². The summed E-state index contributed by atoms with van der Waals surface area (Å²) in [5.41, 5.74) is 1.51. The van der Waals surface area contributed by atoms with Crippen molar-refractivity contribution in [3.63, 3.8) is 0 Å². The van der Waals surface area contributed by atoms with Gasteiger partial charge in [-0.15, -0.1) is 0 Å². The SMILES string of the molecule is CSCc1ccc(CNc2cccc([N+](=O)[O-])c2C)o1. The van der Waals surface area contributed by atoms with E-state index in [0.717, 1.165) is 23.0 Å². The van der Waals surface area contributed by atoms with Gasteiger partial charge in [0, 0.05) is 17.3 Å². The summed E-state index contributed by atoms with van der Waals surface area (Å²) >= 11 is 1.70. The molecule has 5 nitrogen and oxygen atoms in total. The van der Waals surface area contributed by atoms with E-state index in [-0.39, 0.29) is 10.6 Å². The van der Waals surface area contributed by atoms with Crippen LogP contribution in [0.2, 0.25) is 0 Å². The van der Waals surface area contributed by atoms with Gasteiger partial charge in [-0.3, -0.25) is 10.1 Å². The molecule has 106 valence electrons. The molecule has 1 aromatic heterocycles. The van der Waals surface area contributed by atoms with Crippen LogP contribution in [-0.2, 0) is 12.3 Å². The zero-order valence-electron chi connectivity index (χ0n) is 11.4. The molecule has 0 aliphatic heterocycles. The number of anilines is 1. The molecule has 0 unspecified atom stereocenters. The van der Waals surface area contributed by atoms with E-state index in [4.69, 9.17) is 4.42 Å². The summed E-state index contributed by atoms with van der Waals surface area (Å²) in [6.45, 7) is 2.25. The zero-order valence-corrected chi connectivity index (χ0v) is 12.2. The van der Waals surface area contributed by atoms with E-state index in [1.165, 1.54) is 6.07 Å². The van der Waals surface area contributed by atoms with Crippen molar-refractivity contribution in [1.82, 2.24) is 0 Å². The second kappa shape index (κ2) is 6.47. The Morgan fingerprint density at radius 3 is 2.75 bits per heavy atom. The predicted molar refractivity (Wildman–Crippen MR) is 81.1 cm³/mol. The molecule has 20 heavy (non-hydrogen) atoms. The lowest BCUT2D eigenvalue weighted by atomic mass is 10.1. The molecule has 0 amide bonds. The summed E-state index contributed by atoms with van der Waals surface area (Å²) in [6, 6.07) is 8.88. The molecule has 0 saturated heterocycles. The molecule has 1 N–H and O–H groups in total. The Morgan fingerprint density at radius 1 is 1.30 bits per heavy atom. The molecule has 0 atom stereocenters. The number of nitrogens with one attached hydrogen (secondary N) is 1. The van der Waals surface area contributed by atoms with Crippen LogP contribution in [0.5, 0.6) is 0 Å². The lowest BCUT2D eigenvalue weighted by Gasteiger charge is -2.08. The third kappa shape index (κ3) is 3.33. The first kappa shape index (κ1) is 14.5. The van der Waals surface area contributed by atoms with Crippen LogP contribution in [0.3, 0.4) is 0 Å². The van der Waals surface area contributed by atoms with Crippen molar-refractivity contribution in [2.45, 2.75) is 19.2 Å². The molecule has 6 heteroatoms. The van der Waals surface area contributed by atoms with E-state index in [0.29, 0.717) is 12.1 Å². The molecular formula is C14H16N2O3S. The van der Waals surface area contributed by atoms with Crippen LogP contribution >= 0.6 is 11.8 Å². The van der Waals surface area contributed by atoms with Crippen molar-refractivity contribution in [3.05, 3.63) is 57.5 Å². The fraction of sp³-hybridized carbons (Fsp3) is 0.286. The Kier molecular flexibility index (Phi) is 4.68. The summed E-state index contributed by atoms with van der Waals surface area (Å²) < 4.78 is 5.65. The topological polar surface area (TPSA) is 68.3 Å². The summed E-state index contributed by atoms with van der Waals surface area (Å²) in [5.74, 6) is 2.60. The van der Waals surface area contributed by atoms with Crippen molar-refractivity contribution < 1.29 is 9.34 Å². The highest BCUT2D eigenvalue weighted by Crippen LogP contribution is 2.25. The van der Waals surface area contributed by atoms with Crippen LogP contribution in [-0.4, -0.2) is 11.2 Å². The molecule has 2 aromatic rings. The average Bonchev–Trinajstić information content (AvgIpc) is 2.85. The van der Waals surface area contributed by atoms with Crippen molar-refractivity contribution in [2.24, 2.45) is 0 Å². The van der Waals surface area contributed by atoms with Crippen LogP contribution in [0.15, 0.2) is 34.7 Å². The minimum atomic E-state index is -0.371. The number of nitro groups is 1. The largest absolute Gasteiger partial charge is 0.463 e. The van der Waals surface area contributed by atoms with Gasteiger partial charge >= 0.3 is 0 Å². The van der Waals surface area contributed by atoms with Crippen LogP contribution in [0, 0.1) is 17.0 Å². The van der Waals surface area contributed by atoms with Crippen LogP contribution in [0.4, 0.5) is 11.4 Å².